The molecule has 0 radical (unpaired) electrons. The van der Waals surface area contributed by atoms with E-state index in [1.165, 1.54) is 11.2 Å². The van der Waals surface area contributed by atoms with E-state index in [1.807, 2.05) is 0 Å². The van der Waals surface area contributed by atoms with Crippen LogP contribution in [0.2, 0.25) is 0 Å². The van der Waals surface area contributed by atoms with Crippen molar-refractivity contribution in [1.82, 2.24) is 15.4 Å². The third-order valence-corrected chi connectivity index (χ3v) is 2.15. The first-order valence-electron chi connectivity index (χ1n) is 5.15. The summed E-state index contributed by atoms with van der Waals surface area (Å²) in [6.45, 7) is 0.0769. The molecule has 0 atom stereocenters. The van der Waals surface area contributed by atoms with Crippen molar-refractivity contribution in [2.75, 3.05) is 13.1 Å². The fraction of sp³-hybridized carbons (Fsp3) is 0.200. The minimum atomic E-state index is -0.454. The van der Waals surface area contributed by atoms with Gasteiger partial charge in [-0.2, -0.15) is 15.1 Å². The van der Waals surface area contributed by atoms with Gasteiger partial charge >= 0.3 is 6.03 Å². The van der Waals surface area contributed by atoms with Crippen molar-refractivity contribution in [1.29, 1.82) is 0 Å². The minimum Gasteiger partial charge on any atom is -0.264 e. The van der Waals surface area contributed by atoms with Crippen LogP contribution in [-0.4, -0.2) is 41.0 Å². The maximum absolute atomic E-state index is 11.4. The Bertz CT molecular complexity index is 498. The molecule has 8 nitrogen and oxygen atoms in total. The zero-order valence-corrected chi connectivity index (χ0v) is 9.35. The summed E-state index contributed by atoms with van der Waals surface area (Å²) in [4.78, 5) is 25.5. The van der Waals surface area contributed by atoms with E-state index in [1.54, 1.807) is 24.5 Å². The number of carbonyl (C=O) groups is 1. The molecule has 2 rings (SSSR count). The van der Waals surface area contributed by atoms with Gasteiger partial charge in [0, 0.05) is 18.0 Å². The van der Waals surface area contributed by atoms with Gasteiger partial charge in [-0.1, -0.05) is 11.2 Å². The van der Waals surface area contributed by atoms with E-state index in [9.17, 15) is 9.70 Å². The van der Waals surface area contributed by atoms with Crippen molar-refractivity contribution in [2.45, 2.75) is 0 Å². The Labute approximate surface area is 102 Å². The molecule has 0 aliphatic carbocycles. The van der Waals surface area contributed by atoms with Crippen LogP contribution in [0.3, 0.4) is 0 Å². The molecular formula is C10H10N6O2. The summed E-state index contributed by atoms with van der Waals surface area (Å²) in [6.07, 6.45) is 4.77. The second kappa shape index (κ2) is 5.62. The Morgan fingerprint density at radius 3 is 3.17 bits per heavy atom. The van der Waals surface area contributed by atoms with E-state index < -0.39 is 6.03 Å². The second-order valence-corrected chi connectivity index (χ2v) is 3.47. The fourth-order valence-corrected chi connectivity index (χ4v) is 1.31. The van der Waals surface area contributed by atoms with Crippen molar-refractivity contribution < 1.29 is 4.79 Å². The van der Waals surface area contributed by atoms with Crippen molar-refractivity contribution in [3.05, 3.63) is 35.0 Å². The number of hydrogen-bond donors (Lipinski definition) is 1. The maximum atomic E-state index is 11.4. The summed E-state index contributed by atoms with van der Waals surface area (Å²) in [5.74, 6) is 0. The van der Waals surface area contributed by atoms with Gasteiger partial charge in [0.05, 0.1) is 18.5 Å². The van der Waals surface area contributed by atoms with Crippen LogP contribution in [0, 0.1) is 4.91 Å². The highest BCUT2D eigenvalue weighted by Crippen LogP contribution is 2.00. The number of hydrogen-bond acceptors (Lipinski definition) is 6. The van der Waals surface area contributed by atoms with Gasteiger partial charge in [-0.05, 0) is 6.07 Å². The molecule has 1 N–H and O–H groups in total. The lowest BCUT2D eigenvalue weighted by Gasteiger charge is -2.20. The Morgan fingerprint density at radius 1 is 1.56 bits per heavy atom. The van der Waals surface area contributed by atoms with Gasteiger partial charge in [0.25, 0.3) is 0 Å². The number of aromatic nitrogens is 1. The predicted octanol–water partition coefficient (Wildman–Crippen LogP) is 0.563. The molecule has 1 aromatic rings. The van der Waals surface area contributed by atoms with Crippen LogP contribution in [-0.2, 0) is 0 Å². The summed E-state index contributed by atoms with van der Waals surface area (Å²) in [5, 5.41) is 11.6. The van der Waals surface area contributed by atoms with Gasteiger partial charge in [0.15, 0.2) is 0 Å². The predicted molar refractivity (Wildman–Crippen MR) is 65.2 cm³/mol. The standard InChI is InChI=1S/C10H10N6O2/c17-10-15-14-9(6-13-18)7-16(10)12-5-8-2-1-3-11-4-8/h1-5H,6-7H2,(H,15,17). The van der Waals surface area contributed by atoms with E-state index in [0.29, 0.717) is 5.71 Å². The number of nitroso groups, excluding NO2 is 1. The average molecular weight is 246 g/mol. The molecule has 2 heterocycles. The molecular weight excluding hydrogens is 236 g/mol. The second-order valence-electron chi connectivity index (χ2n) is 3.47. The molecule has 1 aliphatic heterocycles. The summed E-state index contributed by atoms with van der Waals surface area (Å²) in [7, 11) is 0. The van der Waals surface area contributed by atoms with Crippen LogP contribution in [0.1, 0.15) is 5.56 Å². The lowest BCUT2D eigenvalue weighted by Crippen LogP contribution is -2.43. The summed E-state index contributed by atoms with van der Waals surface area (Å²) < 4.78 is 0. The van der Waals surface area contributed by atoms with Crippen molar-refractivity contribution in [3.8, 4) is 0 Å². The number of pyridine rings is 1. The van der Waals surface area contributed by atoms with E-state index >= 15 is 0 Å². The minimum absolute atomic E-state index is 0.0702. The molecule has 0 fully saturated rings. The van der Waals surface area contributed by atoms with Gasteiger partial charge in [-0.3, -0.25) is 4.98 Å². The van der Waals surface area contributed by atoms with Crippen LogP contribution in [0.4, 0.5) is 4.79 Å². The summed E-state index contributed by atoms with van der Waals surface area (Å²) in [5.41, 5.74) is 3.47. The molecule has 2 amide bonds. The molecule has 1 aromatic heterocycles. The van der Waals surface area contributed by atoms with E-state index in [0.717, 1.165) is 5.56 Å². The third-order valence-electron chi connectivity index (χ3n) is 2.15. The third kappa shape index (κ3) is 2.94. The maximum Gasteiger partial charge on any atom is 0.358 e. The molecule has 92 valence electrons. The lowest BCUT2D eigenvalue weighted by molar-refractivity contribution is 0.204. The highest BCUT2D eigenvalue weighted by atomic mass is 16.3. The van der Waals surface area contributed by atoms with Gasteiger partial charge in [-0.15, -0.1) is 0 Å². The van der Waals surface area contributed by atoms with Gasteiger partial charge in [0.1, 0.15) is 6.54 Å². The molecule has 0 saturated carbocycles. The normalized spacial score (nSPS) is 15.4. The van der Waals surface area contributed by atoms with Crippen LogP contribution < -0.4 is 5.43 Å². The van der Waals surface area contributed by atoms with Crippen molar-refractivity contribution >= 4 is 18.0 Å². The number of nitrogens with one attached hydrogen (secondary N) is 1. The summed E-state index contributed by atoms with van der Waals surface area (Å²) in [6, 6.07) is 3.12. The number of hydrazone groups is 2. The zero-order chi connectivity index (χ0) is 12.8. The van der Waals surface area contributed by atoms with Gasteiger partial charge in [0.2, 0.25) is 0 Å². The van der Waals surface area contributed by atoms with Gasteiger partial charge < -0.3 is 0 Å². The van der Waals surface area contributed by atoms with Gasteiger partial charge in [-0.25, -0.2) is 15.2 Å². The Balaban J connectivity index is 2.05. The number of amides is 2. The first-order chi connectivity index (χ1) is 8.79. The first-order valence-corrected chi connectivity index (χ1v) is 5.15. The zero-order valence-electron chi connectivity index (χ0n) is 9.35. The smallest absolute Gasteiger partial charge is 0.264 e. The Morgan fingerprint density at radius 2 is 2.44 bits per heavy atom. The molecule has 0 saturated heterocycles. The monoisotopic (exact) mass is 246 g/mol. The molecule has 18 heavy (non-hydrogen) atoms. The van der Waals surface area contributed by atoms with Crippen LogP contribution in [0.15, 0.2) is 39.9 Å². The number of carbonyl (C=O) groups excluding carboxylic acids is 1. The highest BCUT2D eigenvalue weighted by Gasteiger charge is 2.19. The number of nitrogens with zero attached hydrogens (tertiary/aromatic N) is 5. The molecule has 0 aromatic carbocycles. The molecule has 8 heteroatoms. The SMILES string of the molecule is O=NCC1=NNC(=O)N(N=Cc2cccnc2)C1. The molecule has 0 unspecified atom stereocenters. The molecule has 0 spiro atoms. The van der Waals surface area contributed by atoms with Crippen LogP contribution in [0.25, 0.3) is 0 Å². The van der Waals surface area contributed by atoms with Crippen molar-refractivity contribution in [2.24, 2.45) is 15.4 Å². The topological polar surface area (TPSA) is 99.4 Å². The first kappa shape index (κ1) is 11.8. The average Bonchev–Trinajstić information content (AvgIpc) is 2.41. The highest BCUT2D eigenvalue weighted by molar-refractivity contribution is 5.95. The van der Waals surface area contributed by atoms with E-state index in [-0.39, 0.29) is 13.1 Å². The largest absolute Gasteiger partial charge is 0.358 e. The number of rotatable bonds is 4. The Hall–Kier alpha value is -2.64. The Kier molecular flexibility index (Phi) is 3.69. The summed E-state index contributed by atoms with van der Waals surface area (Å²) >= 11 is 0. The van der Waals surface area contributed by atoms with E-state index in [4.69, 9.17) is 0 Å². The number of urea groups is 1. The molecule has 0 bridgehead atoms. The fourth-order valence-electron chi connectivity index (χ4n) is 1.31. The van der Waals surface area contributed by atoms with E-state index in [2.05, 4.69) is 25.8 Å². The lowest BCUT2D eigenvalue weighted by atomic mass is 10.3. The van der Waals surface area contributed by atoms with Crippen LogP contribution in [0.5, 0.6) is 0 Å². The quantitative estimate of drug-likeness (QED) is 0.620. The van der Waals surface area contributed by atoms with Crippen LogP contribution >= 0.6 is 0 Å². The van der Waals surface area contributed by atoms with Crippen molar-refractivity contribution in [3.63, 3.8) is 0 Å². The molecule has 1 aliphatic rings.